The first-order valence-electron chi connectivity index (χ1n) is 18.3. The maximum atomic E-state index is 2.54. The van der Waals surface area contributed by atoms with Crippen molar-refractivity contribution in [3.8, 4) is 22.3 Å². The fraction of sp³-hybridized carbons (Fsp3) is 0.160. The predicted molar refractivity (Wildman–Crippen MR) is 212 cm³/mol. The number of allylic oxidation sites excluding steroid dienone is 1. The van der Waals surface area contributed by atoms with E-state index in [0.717, 1.165) is 12.8 Å². The molecule has 0 heteroatoms. The highest BCUT2D eigenvalue weighted by Gasteiger charge is 2.55. The van der Waals surface area contributed by atoms with Gasteiger partial charge in [0.2, 0.25) is 0 Å². The SMILES string of the molecule is CCc1ccc2c(c1)C(C(c1ccccc1)(c1ccccc1)C1C(C)=Cc3cccc(-c4ccc5ccccc5c4)c31)c1cc(CC)ccc1-2. The summed E-state index contributed by atoms with van der Waals surface area (Å²) in [5.74, 6) is 0.184. The van der Waals surface area contributed by atoms with Crippen molar-refractivity contribution < 1.29 is 0 Å². The molecule has 1 atom stereocenters. The molecule has 0 spiro atoms. The average molecular weight is 643 g/mol. The summed E-state index contributed by atoms with van der Waals surface area (Å²) in [7, 11) is 0. The van der Waals surface area contributed by atoms with Crippen molar-refractivity contribution in [2.45, 2.75) is 50.9 Å². The van der Waals surface area contributed by atoms with Crippen LogP contribution in [0.1, 0.15) is 77.1 Å². The van der Waals surface area contributed by atoms with E-state index in [-0.39, 0.29) is 11.8 Å². The summed E-state index contributed by atoms with van der Waals surface area (Å²) in [5, 5.41) is 2.55. The fourth-order valence-corrected chi connectivity index (χ4v) is 9.50. The third kappa shape index (κ3) is 4.58. The second-order valence-electron chi connectivity index (χ2n) is 14.3. The Hall–Kier alpha value is -5.46. The highest BCUT2D eigenvalue weighted by atomic mass is 14.6. The van der Waals surface area contributed by atoms with Gasteiger partial charge in [-0.25, -0.2) is 0 Å². The third-order valence-corrected chi connectivity index (χ3v) is 11.7. The van der Waals surface area contributed by atoms with E-state index in [9.17, 15) is 0 Å². The molecular formula is C50H42. The van der Waals surface area contributed by atoms with Crippen LogP contribution >= 0.6 is 0 Å². The van der Waals surface area contributed by atoms with E-state index in [1.54, 1.807) is 0 Å². The Kier molecular flexibility index (Phi) is 7.43. The lowest BCUT2D eigenvalue weighted by Gasteiger charge is -2.48. The fourth-order valence-electron chi connectivity index (χ4n) is 9.50. The topological polar surface area (TPSA) is 0 Å². The zero-order valence-electron chi connectivity index (χ0n) is 29.2. The molecule has 2 aliphatic rings. The first-order valence-corrected chi connectivity index (χ1v) is 18.3. The predicted octanol–water partition coefficient (Wildman–Crippen LogP) is 12.9. The average Bonchev–Trinajstić information content (AvgIpc) is 3.69. The summed E-state index contributed by atoms with van der Waals surface area (Å²) >= 11 is 0. The van der Waals surface area contributed by atoms with E-state index in [1.807, 2.05) is 0 Å². The van der Waals surface area contributed by atoms with Gasteiger partial charge in [-0.15, -0.1) is 0 Å². The molecule has 0 heterocycles. The molecule has 0 saturated heterocycles. The summed E-state index contributed by atoms with van der Waals surface area (Å²) in [6.45, 7) is 6.95. The third-order valence-electron chi connectivity index (χ3n) is 11.7. The molecule has 0 bridgehead atoms. The zero-order valence-corrected chi connectivity index (χ0v) is 29.2. The number of hydrogen-bond donors (Lipinski definition) is 0. The van der Waals surface area contributed by atoms with Crippen LogP contribution in [0.25, 0.3) is 39.1 Å². The van der Waals surface area contributed by atoms with Crippen LogP contribution in [0.5, 0.6) is 0 Å². The van der Waals surface area contributed by atoms with Crippen molar-refractivity contribution in [2.24, 2.45) is 0 Å². The van der Waals surface area contributed by atoms with Crippen LogP contribution in [0.3, 0.4) is 0 Å². The highest BCUT2D eigenvalue weighted by molar-refractivity contribution is 5.90. The molecule has 0 N–H and O–H groups in total. The summed E-state index contributed by atoms with van der Waals surface area (Å²) in [5.41, 5.74) is 17.5. The molecule has 0 nitrogen and oxygen atoms in total. The Morgan fingerprint density at radius 1 is 0.480 bits per heavy atom. The summed E-state index contributed by atoms with van der Waals surface area (Å²) in [6.07, 6.45) is 4.50. The smallest absolute Gasteiger partial charge is 0.0418 e. The molecule has 7 aromatic rings. The Labute approximate surface area is 296 Å². The Morgan fingerprint density at radius 3 is 1.66 bits per heavy atom. The highest BCUT2D eigenvalue weighted by Crippen LogP contribution is 2.65. The largest absolute Gasteiger partial charge is 0.0639 e. The lowest BCUT2D eigenvalue weighted by molar-refractivity contribution is 0.405. The minimum Gasteiger partial charge on any atom is -0.0639 e. The molecule has 0 aromatic heterocycles. The zero-order chi connectivity index (χ0) is 33.8. The molecular weight excluding hydrogens is 601 g/mol. The van der Waals surface area contributed by atoms with Crippen molar-refractivity contribution in [1.82, 2.24) is 0 Å². The molecule has 9 rings (SSSR count). The van der Waals surface area contributed by atoms with Gasteiger partial charge in [0.05, 0.1) is 0 Å². The van der Waals surface area contributed by atoms with Gasteiger partial charge < -0.3 is 0 Å². The summed E-state index contributed by atoms with van der Waals surface area (Å²) in [6, 6.07) is 60.2. The Bertz CT molecular complexity index is 2320. The van der Waals surface area contributed by atoms with Gasteiger partial charge in [0.1, 0.15) is 0 Å². The van der Waals surface area contributed by atoms with Gasteiger partial charge in [0.25, 0.3) is 0 Å². The first-order chi connectivity index (χ1) is 24.6. The Balaban J connectivity index is 1.42. The molecule has 0 fully saturated rings. The lowest BCUT2D eigenvalue weighted by atomic mass is 9.53. The van der Waals surface area contributed by atoms with Crippen LogP contribution < -0.4 is 0 Å². The molecule has 0 radical (unpaired) electrons. The van der Waals surface area contributed by atoms with Gasteiger partial charge in [0.15, 0.2) is 0 Å². The van der Waals surface area contributed by atoms with E-state index >= 15 is 0 Å². The van der Waals surface area contributed by atoms with E-state index in [1.165, 1.54) is 83.1 Å². The van der Waals surface area contributed by atoms with Gasteiger partial charge in [-0.2, -0.15) is 0 Å². The van der Waals surface area contributed by atoms with Crippen LogP contribution in [0.15, 0.2) is 163 Å². The van der Waals surface area contributed by atoms with Gasteiger partial charge in [-0.3, -0.25) is 0 Å². The van der Waals surface area contributed by atoms with Crippen LogP contribution in [0, 0.1) is 0 Å². The van der Waals surface area contributed by atoms with E-state index in [2.05, 4.69) is 185 Å². The maximum absolute atomic E-state index is 2.54. The summed E-state index contributed by atoms with van der Waals surface area (Å²) < 4.78 is 0. The second-order valence-corrected chi connectivity index (χ2v) is 14.3. The van der Waals surface area contributed by atoms with Crippen molar-refractivity contribution in [3.05, 3.63) is 208 Å². The quantitative estimate of drug-likeness (QED) is 0.162. The molecule has 7 aromatic carbocycles. The van der Waals surface area contributed by atoms with Crippen molar-refractivity contribution in [1.29, 1.82) is 0 Å². The van der Waals surface area contributed by atoms with E-state index in [4.69, 9.17) is 0 Å². The van der Waals surface area contributed by atoms with E-state index < -0.39 is 5.41 Å². The number of benzene rings is 7. The van der Waals surface area contributed by atoms with Crippen LogP contribution in [-0.4, -0.2) is 0 Å². The number of fused-ring (bicyclic) bond motifs is 5. The number of hydrogen-bond acceptors (Lipinski definition) is 0. The number of rotatable bonds is 7. The second kappa shape index (κ2) is 12.1. The van der Waals surface area contributed by atoms with Crippen molar-refractivity contribution in [3.63, 3.8) is 0 Å². The van der Waals surface area contributed by atoms with Gasteiger partial charge in [0, 0.05) is 17.3 Å². The molecule has 2 aliphatic carbocycles. The van der Waals surface area contributed by atoms with E-state index in [0.29, 0.717) is 0 Å². The minimum absolute atomic E-state index is 0.0873. The standard InChI is InChI=1S/C50H42/c1-4-34-23-27-43-44-28-24-35(5-2)31-46(44)49(45(43)30-34)50(40-18-8-6-9-19-40,41-20-10-7-11-21-41)48-33(3)29-39-17-14-22-42(47(39)48)38-26-25-36-15-12-13-16-37(36)32-38/h6-32,48-49H,4-5H2,1-3H3. The van der Waals surface area contributed by atoms with Crippen molar-refractivity contribution >= 4 is 16.8 Å². The molecule has 0 aliphatic heterocycles. The number of aryl methyl sites for hydroxylation is 2. The normalized spacial score (nSPS) is 15.1. The maximum Gasteiger partial charge on any atom is 0.0418 e. The van der Waals surface area contributed by atoms with Crippen LogP contribution in [0.4, 0.5) is 0 Å². The van der Waals surface area contributed by atoms with Crippen LogP contribution in [0.2, 0.25) is 0 Å². The monoisotopic (exact) mass is 642 g/mol. The molecule has 1 unspecified atom stereocenters. The van der Waals surface area contributed by atoms with Crippen molar-refractivity contribution in [2.75, 3.05) is 0 Å². The molecule has 0 saturated carbocycles. The molecule has 242 valence electrons. The first kappa shape index (κ1) is 30.6. The van der Waals surface area contributed by atoms with Crippen LogP contribution in [-0.2, 0) is 18.3 Å². The molecule has 0 amide bonds. The lowest BCUT2D eigenvalue weighted by Crippen LogP contribution is -2.41. The minimum atomic E-state index is -0.444. The Morgan fingerprint density at radius 2 is 1.06 bits per heavy atom. The van der Waals surface area contributed by atoms with Gasteiger partial charge >= 0.3 is 0 Å². The summed E-state index contributed by atoms with van der Waals surface area (Å²) in [4.78, 5) is 0. The van der Waals surface area contributed by atoms with Gasteiger partial charge in [-0.05, 0) is 103 Å². The molecule has 50 heavy (non-hydrogen) atoms. The van der Waals surface area contributed by atoms with Gasteiger partial charge in [-0.1, -0.05) is 177 Å².